The van der Waals surface area contributed by atoms with E-state index < -0.39 is 0 Å². The van der Waals surface area contributed by atoms with Crippen molar-refractivity contribution in [3.8, 4) is 11.3 Å². The molecule has 0 aliphatic heterocycles. The van der Waals surface area contributed by atoms with Gasteiger partial charge in [-0.3, -0.25) is 5.10 Å². The van der Waals surface area contributed by atoms with Crippen LogP contribution in [-0.2, 0) is 0 Å². The monoisotopic (exact) mass is 235 g/mol. The molecule has 1 aromatic carbocycles. The zero-order valence-corrected chi connectivity index (χ0v) is 10.0. The Hall–Kier alpha value is -1.32. The van der Waals surface area contributed by atoms with E-state index in [2.05, 4.69) is 10.2 Å². The zero-order valence-electron chi connectivity index (χ0n) is 9.29. The molecule has 0 aliphatic rings. The summed E-state index contributed by atoms with van der Waals surface area (Å²) in [7, 11) is 0. The van der Waals surface area contributed by atoms with E-state index in [1.165, 1.54) is 0 Å². The van der Waals surface area contributed by atoms with Crippen LogP contribution in [0.1, 0.15) is 24.2 Å². The van der Waals surface area contributed by atoms with Crippen molar-refractivity contribution >= 4 is 11.6 Å². The molecule has 0 aliphatic carbocycles. The highest BCUT2D eigenvalue weighted by Crippen LogP contribution is 2.26. The van der Waals surface area contributed by atoms with Crippen LogP contribution in [0.2, 0.25) is 5.02 Å². The fraction of sp³-hybridized carbons (Fsp3) is 0.250. The minimum atomic E-state index is -0.0337. The molecule has 0 saturated heterocycles. The first kappa shape index (κ1) is 11.2. The number of H-pyrrole nitrogens is 1. The molecule has 0 bridgehead atoms. The van der Waals surface area contributed by atoms with E-state index >= 15 is 0 Å². The molecule has 1 heterocycles. The van der Waals surface area contributed by atoms with Crippen LogP contribution in [0.25, 0.3) is 11.3 Å². The van der Waals surface area contributed by atoms with Crippen LogP contribution in [0, 0.1) is 6.92 Å². The van der Waals surface area contributed by atoms with E-state index in [-0.39, 0.29) is 6.04 Å². The molecule has 0 amide bonds. The van der Waals surface area contributed by atoms with Gasteiger partial charge in [-0.2, -0.15) is 5.10 Å². The lowest BCUT2D eigenvalue weighted by atomic mass is 10.0. The van der Waals surface area contributed by atoms with Crippen LogP contribution in [-0.4, -0.2) is 10.2 Å². The molecule has 4 heteroatoms. The Balaban J connectivity index is 2.45. The number of rotatable bonds is 2. The van der Waals surface area contributed by atoms with Crippen molar-refractivity contribution in [2.45, 2.75) is 19.9 Å². The van der Waals surface area contributed by atoms with Gasteiger partial charge >= 0.3 is 0 Å². The Morgan fingerprint density at radius 1 is 1.31 bits per heavy atom. The molecule has 1 unspecified atom stereocenters. The topological polar surface area (TPSA) is 54.7 Å². The highest BCUT2D eigenvalue weighted by atomic mass is 35.5. The maximum absolute atomic E-state index is 5.85. The van der Waals surface area contributed by atoms with Crippen LogP contribution in [0.4, 0.5) is 0 Å². The minimum Gasteiger partial charge on any atom is -0.323 e. The molecule has 1 atom stereocenters. The number of nitrogens with one attached hydrogen (secondary N) is 1. The summed E-state index contributed by atoms with van der Waals surface area (Å²) < 4.78 is 0. The Labute approximate surface area is 99.6 Å². The Morgan fingerprint density at radius 2 is 1.94 bits per heavy atom. The van der Waals surface area contributed by atoms with Crippen LogP contribution in [0.15, 0.2) is 24.3 Å². The number of aromatic nitrogens is 2. The SMILES string of the molecule is Cc1c(-c2ccc(Cl)cc2)n[nH]c1C(C)N. The van der Waals surface area contributed by atoms with Gasteiger partial charge in [0.15, 0.2) is 0 Å². The summed E-state index contributed by atoms with van der Waals surface area (Å²) in [6, 6.07) is 7.59. The zero-order chi connectivity index (χ0) is 11.7. The maximum atomic E-state index is 5.85. The number of halogens is 1. The fourth-order valence-corrected chi connectivity index (χ4v) is 1.87. The number of hydrogen-bond acceptors (Lipinski definition) is 2. The first-order valence-corrected chi connectivity index (χ1v) is 5.53. The second kappa shape index (κ2) is 4.28. The molecule has 3 N–H and O–H groups in total. The van der Waals surface area contributed by atoms with Crippen molar-refractivity contribution in [2.75, 3.05) is 0 Å². The van der Waals surface area contributed by atoms with Gasteiger partial charge in [-0.25, -0.2) is 0 Å². The molecule has 0 radical (unpaired) electrons. The van der Waals surface area contributed by atoms with Gasteiger partial charge in [0.1, 0.15) is 0 Å². The third kappa shape index (κ3) is 1.96. The molecule has 1 aromatic heterocycles. The van der Waals surface area contributed by atoms with Crippen molar-refractivity contribution in [1.29, 1.82) is 0 Å². The molecule has 84 valence electrons. The van der Waals surface area contributed by atoms with E-state index in [4.69, 9.17) is 17.3 Å². The summed E-state index contributed by atoms with van der Waals surface area (Å²) in [5.41, 5.74) is 9.89. The van der Waals surface area contributed by atoms with Gasteiger partial charge in [-0.05, 0) is 31.5 Å². The smallest absolute Gasteiger partial charge is 0.0953 e. The van der Waals surface area contributed by atoms with Gasteiger partial charge in [-0.15, -0.1) is 0 Å². The molecule has 3 nitrogen and oxygen atoms in total. The average Bonchev–Trinajstić information content (AvgIpc) is 2.61. The quantitative estimate of drug-likeness (QED) is 0.841. The first-order valence-electron chi connectivity index (χ1n) is 5.16. The van der Waals surface area contributed by atoms with Gasteiger partial charge in [0.05, 0.1) is 11.4 Å². The summed E-state index contributed by atoms with van der Waals surface area (Å²) in [6.45, 7) is 3.96. The minimum absolute atomic E-state index is 0.0337. The summed E-state index contributed by atoms with van der Waals surface area (Å²) in [5.74, 6) is 0. The maximum Gasteiger partial charge on any atom is 0.0953 e. The van der Waals surface area contributed by atoms with Gasteiger partial charge in [-0.1, -0.05) is 23.7 Å². The number of nitrogens with zero attached hydrogens (tertiary/aromatic N) is 1. The van der Waals surface area contributed by atoms with Gasteiger partial charge in [0.2, 0.25) is 0 Å². The van der Waals surface area contributed by atoms with Crippen molar-refractivity contribution in [3.63, 3.8) is 0 Å². The fourth-order valence-electron chi connectivity index (χ4n) is 1.74. The van der Waals surface area contributed by atoms with Crippen molar-refractivity contribution < 1.29 is 0 Å². The van der Waals surface area contributed by atoms with E-state index in [1.807, 2.05) is 38.1 Å². The van der Waals surface area contributed by atoms with Crippen LogP contribution in [0.3, 0.4) is 0 Å². The highest BCUT2D eigenvalue weighted by Gasteiger charge is 2.13. The number of hydrogen-bond donors (Lipinski definition) is 2. The van der Waals surface area contributed by atoms with E-state index in [1.54, 1.807) is 0 Å². The predicted molar refractivity (Wildman–Crippen MR) is 66.4 cm³/mol. The number of aromatic amines is 1. The van der Waals surface area contributed by atoms with Crippen molar-refractivity contribution in [3.05, 3.63) is 40.5 Å². The number of nitrogens with two attached hydrogens (primary N) is 1. The summed E-state index contributed by atoms with van der Waals surface area (Å²) >= 11 is 5.85. The third-order valence-electron chi connectivity index (χ3n) is 2.62. The van der Waals surface area contributed by atoms with E-state index in [9.17, 15) is 0 Å². The van der Waals surface area contributed by atoms with Gasteiger partial charge < -0.3 is 5.73 Å². The lowest BCUT2D eigenvalue weighted by Crippen LogP contribution is -2.06. The van der Waals surface area contributed by atoms with Crippen molar-refractivity contribution in [1.82, 2.24) is 10.2 Å². The van der Waals surface area contributed by atoms with Crippen molar-refractivity contribution in [2.24, 2.45) is 5.73 Å². The van der Waals surface area contributed by atoms with E-state index in [0.29, 0.717) is 0 Å². The highest BCUT2D eigenvalue weighted by molar-refractivity contribution is 6.30. The number of benzene rings is 1. The molecular weight excluding hydrogens is 222 g/mol. The Bertz CT molecular complexity index is 485. The molecule has 2 aromatic rings. The Kier molecular flexibility index (Phi) is 2.99. The largest absolute Gasteiger partial charge is 0.323 e. The molecule has 16 heavy (non-hydrogen) atoms. The lowest BCUT2D eigenvalue weighted by Gasteiger charge is -2.03. The summed E-state index contributed by atoms with van der Waals surface area (Å²) in [4.78, 5) is 0. The Morgan fingerprint density at radius 3 is 2.44 bits per heavy atom. The molecule has 2 rings (SSSR count). The van der Waals surface area contributed by atoms with Gasteiger partial charge in [0.25, 0.3) is 0 Å². The first-order chi connectivity index (χ1) is 7.59. The summed E-state index contributed by atoms with van der Waals surface area (Å²) in [5, 5.41) is 7.99. The molecule has 0 saturated carbocycles. The van der Waals surface area contributed by atoms with Gasteiger partial charge in [0, 0.05) is 16.6 Å². The predicted octanol–water partition coefficient (Wildman–Crippen LogP) is 3.06. The normalized spacial score (nSPS) is 12.8. The second-order valence-corrected chi connectivity index (χ2v) is 4.34. The van der Waals surface area contributed by atoms with E-state index in [0.717, 1.165) is 27.5 Å². The summed E-state index contributed by atoms with van der Waals surface area (Å²) in [6.07, 6.45) is 0. The molecule has 0 fully saturated rings. The standard InChI is InChI=1S/C12H14ClN3/c1-7-11(8(2)14)15-16-12(7)9-3-5-10(13)6-4-9/h3-6,8H,14H2,1-2H3,(H,15,16). The molecule has 0 spiro atoms. The second-order valence-electron chi connectivity index (χ2n) is 3.91. The van der Waals surface area contributed by atoms with Crippen LogP contribution < -0.4 is 5.73 Å². The third-order valence-corrected chi connectivity index (χ3v) is 2.87. The average molecular weight is 236 g/mol. The lowest BCUT2D eigenvalue weighted by molar-refractivity contribution is 0.766. The molecular formula is C12H14ClN3. The van der Waals surface area contributed by atoms with Crippen LogP contribution in [0.5, 0.6) is 0 Å². The van der Waals surface area contributed by atoms with Crippen LogP contribution >= 0.6 is 11.6 Å².